The van der Waals surface area contributed by atoms with E-state index < -0.39 is 0 Å². The van der Waals surface area contributed by atoms with E-state index in [1.807, 2.05) is 18.3 Å². The van der Waals surface area contributed by atoms with Gasteiger partial charge in [0.2, 0.25) is 0 Å². The Hall–Kier alpha value is -3.15. The topological polar surface area (TPSA) is 53.5 Å². The smallest absolute Gasteiger partial charge is 0.136 e. The molecule has 1 fully saturated rings. The Morgan fingerprint density at radius 3 is 1.91 bits per heavy atom. The number of nitrogens with zero attached hydrogens (tertiary/aromatic N) is 3. The number of rotatable bonds is 27. The quantitative estimate of drug-likeness (QED) is 0.0707. The van der Waals surface area contributed by atoms with E-state index in [0.29, 0.717) is 31.5 Å². The van der Waals surface area contributed by atoms with Crippen molar-refractivity contribution < 1.29 is 9.59 Å². The second-order valence-corrected chi connectivity index (χ2v) is 12.7. The van der Waals surface area contributed by atoms with E-state index in [0.717, 1.165) is 95.1 Å². The Bertz CT molecular complexity index is 1140. The zero-order valence-corrected chi connectivity index (χ0v) is 29.7. The van der Waals surface area contributed by atoms with Crippen molar-refractivity contribution in [3.05, 3.63) is 96.4 Å². The van der Waals surface area contributed by atoms with E-state index >= 15 is 0 Å². The summed E-state index contributed by atoms with van der Waals surface area (Å²) in [5, 5.41) is 0. The van der Waals surface area contributed by atoms with Crippen molar-refractivity contribution in [2.24, 2.45) is 0 Å². The van der Waals surface area contributed by atoms with Gasteiger partial charge >= 0.3 is 0 Å². The van der Waals surface area contributed by atoms with Gasteiger partial charge in [0, 0.05) is 50.5 Å². The van der Waals surface area contributed by atoms with Crippen LogP contribution in [-0.2, 0) is 16.0 Å². The molecule has 1 aromatic rings. The van der Waals surface area contributed by atoms with E-state index in [1.165, 1.54) is 25.9 Å². The lowest BCUT2D eigenvalue weighted by Crippen LogP contribution is -2.22. The largest absolute Gasteiger partial charge is 0.306 e. The fourth-order valence-electron chi connectivity index (χ4n) is 5.50. The van der Waals surface area contributed by atoms with Gasteiger partial charge in [-0.3, -0.25) is 14.6 Å². The Morgan fingerprint density at radius 2 is 1.32 bits per heavy atom. The summed E-state index contributed by atoms with van der Waals surface area (Å²) in [4.78, 5) is 33.9. The monoisotopic (exact) mass is 641 g/mol. The summed E-state index contributed by atoms with van der Waals surface area (Å²) in [6, 6.07) is 4.20. The van der Waals surface area contributed by atoms with Crippen molar-refractivity contribution in [3.8, 4) is 0 Å². The highest BCUT2D eigenvalue weighted by molar-refractivity contribution is 5.80. The number of carbonyl (C=O) groups excluding carboxylic acids is 2. The summed E-state index contributed by atoms with van der Waals surface area (Å²) < 4.78 is 0. The van der Waals surface area contributed by atoms with Crippen LogP contribution < -0.4 is 0 Å². The molecule has 0 N–H and O–H groups in total. The lowest BCUT2D eigenvalue weighted by atomic mass is 10.1. The lowest BCUT2D eigenvalue weighted by molar-refractivity contribution is -0.119. The highest BCUT2D eigenvalue weighted by atomic mass is 16.1. The number of pyridine rings is 1. The number of Topliss-reactive ketones (excluding diaryl/α,β-unsaturated/α-hetero) is 2. The highest BCUT2D eigenvalue weighted by Crippen LogP contribution is 2.10. The molecule has 0 bridgehead atoms. The van der Waals surface area contributed by atoms with Crippen LogP contribution in [0.1, 0.15) is 114 Å². The van der Waals surface area contributed by atoms with Crippen LogP contribution in [0.4, 0.5) is 0 Å². The van der Waals surface area contributed by atoms with Crippen molar-refractivity contribution in [2.45, 2.75) is 110 Å². The average molecular weight is 642 g/mol. The normalized spacial score (nSPS) is 14.6. The molecule has 0 radical (unpaired) electrons. The Kier molecular flexibility index (Phi) is 23.8. The maximum atomic E-state index is 12.3. The molecule has 0 aromatic carbocycles. The lowest BCUT2D eigenvalue weighted by Gasteiger charge is -2.15. The predicted octanol–water partition coefficient (Wildman–Crippen LogP) is 9.68. The third kappa shape index (κ3) is 22.9. The van der Waals surface area contributed by atoms with Crippen molar-refractivity contribution in [3.63, 3.8) is 0 Å². The molecule has 258 valence electrons. The van der Waals surface area contributed by atoms with Crippen LogP contribution in [-0.4, -0.2) is 66.1 Å². The molecular formula is C42H63N3O2. The van der Waals surface area contributed by atoms with Crippen LogP contribution >= 0.6 is 0 Å². The number of carbonyl (C=O) groups is 2. The second kappa shape index (κ2) is 27.9. The molecule has 0 amide bonds. The first kappa shape index (κ1) is 40.0. The van der Waals surface area contributed by atoms with Gasteiger partial charge in [0.15, 0.2) is 0 Å². The molecular weight excluding hydrogens is 578 g/mol. The van der Waals surface area contributed by atoms with Crippen LogP contribution in [0.2, 0.25) is 0 Å². The number of hydrogen-bond acceptors (Lipinski definition) is 5. The number of hydrogen-bond donors (Lipinski definition) is 0. The van der Waals surface area contributed by atoms with Crippen molar-refractivity contribution in [1.82, 2.24) is 14.8 Å². The standard InChI is InChI=1S/C42H63N3O2/c1-3-4-5-6-7-8-9-10-11-12-13-14-15-16-17-18-19-26-41(46)28-23-33-44(2)34-24-29-42(47)27-22-25-39-30-31-40(43-38-39)32-37-45-35-20-21-36-45/h4-5,7-8,10-11,13-14,16-17,22,25,30-31,38H,3,6,9,12,15,18-21,23-24,26-29,32-37H2,1-2H3/b5-4-,8-7-,11-10-,14-13-,17-16-,25-22+. The van der Waals surface area contributed by atoms with E-state index in [-0.39, 0.29) is 5.78 Å². The number of allylic oxidation sites excluding steroid dienone is 11. The van der Waals surface area contributed by atoms with Crippen LogP contribution in [0.15, 0.2) is 85.2 Å². The summed E-state index contributed by atoms with van der Waals surface area (Å²) >= 11 is 0. The first-order chi connectivity index (χ1) is 23.1. The summed E-state index contributed by atoms with van der Waals surface area (Å²) in [5.74, 6) is 0.632. The maximum Gasteiger partial charge on any atom is 0.136 e. The Balaban J connectivity index is 1.40. The van der Waals surface area contributed by atoms with E-state index in [9.17, 15) is 9.59 Å². The first-order valence-electron chi connectivity index (χ1n) is 18.4. The average Bonchev–Trinajstić information content (AvgIpc) is 3.60. The third-order valence-electron chi connectivity index (χ3n) is 8.36. The molecule has 5 nitrogen and oxygen atoms in total. The highest BCUT2D eigenvalue weighted by Gasteiger charge is 2.11. The molecule has 0 atom stereocenters. The first-order valence-corrected chi connectivity index (χ1v) is 18.4. The summed E-state index contributed by atoms with van der Waals surface area (Å²) in [6.45, 7) is 7.48. The number of aromatic nitrogens is 1. The zero-order chi connectivity index (χ0) is 33.6. The molecule has 0 spiro atoms. The van der Waals surface area contributed by atoms with Crippen LogP contribution in [0.5, 0.6) is 0 Å². The molecule has 1 saturated heterocycles. The molecule has 1 aromatic heterocycles. The molecule has 0 saturated carbocycles. The van der Waals surface area contributed by atoms with Gasteiger partial charge in [-0.2, -0.15) is 0 Å². The van der Waals surface area contributed by atoms with Crippen molar-refractivity contribution in [1.29, 1.82) is 0 Å². The molecule has 2 heterocycles. The number of unbranched alkanes of at least 4 members (excludes halogenated alkanes) is 1. The minimum atomic E-state index is 0.271. The van der Waals surface area contributed by atoms with Crippen molar-refractivity contribution in [2.75, 3.05) is 39.8 Å². The third-order valence-corrected chi connectivity index (χ3v) is 8.36. The van der Waals surface area contributed by atoms with E-state index in [1.54, 1.807) is 0 Å². The summed E-state index contributed by atoms with van der Waals surface area (Å²) in [7, 11) is 2.08. The summed E-state index contributed by atoms with van der Waals surface area (Å²) in [6.07, 6.45) is 42.7. The molecule has 0 unspecified atom stereocenters. The van der Waals surface area contributed by atoms with Gasteiger partial charge in [0.25, 0.3) is 0 Å². The number of likely N-dealkylation sites (tertiary alicyclic amines) is 1. The molecule has 1 aliphatic heterocycles. The maximum absolute atomic E-state index is 12.3. The van der Waals surface area contributed by atoms with Crippen molar-refractivity contribution >= 4 is 17.6 Å². The molecule has 1 aliphatic rings. The fraction of sp³-hybridized carbons (Fsp3) is 0.548. The molecule has 47 heavy (non-hydrogen) atoms. The second-order valence-electron chi connectivity index (χ2n) is 12.7. The molecule has 2 rings (SSSR count). The van der Waals surface area contributed by atoms with Crippen LogP contribution in [0.25, 0.3) is 6.08 Å². The minimum Gasteiger partial charge on any atom is -0.306 e. The zero-order valence-electron chi connectivity index (χ0n) is 29.7. The van der Waals surface area contributed by atoms with Gasteiger partial charge in [-0.15, -0.1) is 0 Å². The fourth-order valence-corrected chi connectivity index (χ4v) is 5.50. The summed E-state index contributed by atoms with van der Waals surface area (Å²) in [5.41, 5.74) is 2.18. The van der Waals surface area contributed by atoms with Gasteiger partial charge in [-0.05, 0) is 115 Å². The minimum absolute atomic E-state index is 0.271. The van der Waals surface area contributed by atoms with E-state index in [4.69, 9.17) is 0 Å². The van der Waals surface area contributed by atoms with Gasteiger partial charge in [-0.1, -0.05) is 85.9 Å². The van der Waals surface area contributed by atoms with Gasteiger partial charge < -0.3 is 9.80 Å². The van der Waals surface area contributed by atoms with E-state index in [2.05, 4.69) is 102 Å². The Morgan fingerprint density at radius 1 is 0.745 bits per heavy atom. The van der Waals surface area contributed by atoms with Crippen LogP contribution in [0.3, 0.4) is 0 Å². The van der Waals surface area contributed by atoms with Crippen LogP contribution in [0, 0.1) is 0 Å². The number of ketones is 2. The molecule has 5 heteroatoms. The predicted molar refractivity (Wildman–Crippen MR) is 202 cm³/mol. The van der Waals surface area contributed by atoms with Gasteiger partial charge in [0.1, 0.15) is 11.6 Å². The SMILES string of the molecule is CC/C=C\C/C=C\C/C=C\C/C=C\C/C=C\CCCC(=O)CCCN(C)CCCC(=O)C/C=C/c1ccc(CCN2CCCC2)nc1. The van der Waals surface area contributed by atoms with Gasteiger partial charge in [0.05, 0.1) is 0 Å². The van der Waals surface area contributed by atoms with Gasteiger partial charge in [-0.25, -0.2) is 0 Å². The Labute approximate surface area is 287 Å². The molecule has 0 aliphatic carbocycles.